The summed E-state index contributed by atoms with van der Waals surface area (Å²) < 4.78 is 7.05. The van der Waals surface area contributed by atoms with Crippen molar-refractivity contribution in [2.75, 3.05) is 19.9 Å². The van der Waals surface area contributed by atoms with Gasteiger partial charge in [-0.25, -0.2) is 9.78 Å². The molecule has 0 aliphatic heterocycles. The molecule has 7 nitrogen and oxygen atoms in total. The molecule has 1 aromatic heterocycles. The summed E-state index contributed by atoms with van der Waals surface area (Å²) in [6.45, 7) is 0. The SMILES string of the molecule is CNC(=O)NC(=O)CSc1nccn1-c1cccc(OC)c1. The van der Waals surface area contributed by atoms with E-state index in [1.54, 1.807) is 19.5 Å². The Labute approximate surface area is 132 Å². The first-order valence-corrected chi connectivity index (χ1v) is 7.44. The molecule has 1 heterocycles. The van der Waals surface area contributed by atoms with Crippen molar-refractivity contribution in [1.82, 2.24) is 20.2 Å². The number of carbonyl (C=O) groups excluding carboxylic acids is 2. The van der Waals surface area contributed by atoms with Gasteiger partial charge in [-0.2, -0.15) is 0 Å². The van der Waals surface area contributed by atoms with Crippen LogP contribution in [-0.2, 0) is 4.79 Å². The van der Waals surface area contributed by atoms with Crippen LogP contribution in [-0.4, -0.2) is 41.4 Å². The highest BCUT2D eigenvalue weighted by Gasteiger charge is 2.11. The number of aromatic nitrogens is 2. The fourth-order valence-corrected chi connectivity index (χ4v) is 2.48. The van der Waals surface area contributed by atoms with Gasteiger partial charge >= 0.3 is 6.03 Å². The standard InChI is InChI=1S/C14H16N4O3S/c1-15-13(20)17-12(19)9-22-14-16-6-7-18(14)10-4-3-5-11(8-10)21-2/h3-8H,9H2,1-2H3,(H2,15,17,19,20). The van der Waals surface area contributed by atoms with Gasteiger partial charge in [0.2, 0.25) is 5.91 Å². The third-order valence-electron chi connectivity index (χ3n) is 2.75. The van der Waals surface area contributed by atoms with E-state index >= 15 is 0 Å². The van der Waals surface area contributed by atoms with Crippen LogP contribution in [0.4, 0.5) is 4.79 Å². The lowest BCUT2D eigenvalue weighted by Gasteiger charge is -2.09. The third kappa shape index (κ3) is 4.01. The second-order valence-electron chi connectivity index (χ2n) is 4.20. The van der Waals surface area contributed by atoms with E-state index in [1.165, 1.54) is 18.8 Å². The smallest absolute Gasteiger partial charge is 0.321 e. The van der Waals surface area contributed by atoms with Crippen molar-refractivity contribution in [3.05, 3.63) is 36.7 Å². The third-order valence-corrected chi connectivity index (χ3v) is 3.72. The Balaban J connectivity index is 2.06. The molecule has 2 aromatic rings. The number of hydrogen-bond acceptors (Lipinski definition) is 5. The Hall–Kier alpha value is -2.48. The molecule has 0 spiro atoms. The monoisotopic (exact) mass is 320 g/mol. The minimum atomic E-state index is -0.526. The zero-order chi connectivity index (χ0) is 15.9. The number of rotatable bonds is 5. The predicted octanol–water partition coefficient (Wildman–Crippen LogP) is 1.43. The number of thioether (sulfide) groups is 1. The van der Waals surface area contributed by atoms with Gasteiger partial charge in [0, 0.05) is 25.5 Å². The van der Waals surface area contributed by atoms with E-state index in [1.807, 2.05) is 28.8 Å². The van der Waals surface area contributed by atoms with Crippen LogP contribution < -0.4 is 15.4 Å². The summed E-state index contributed by atoms with van der Waals surface area (Å²) in [7, 11) is 3.05. The normalized spacial score (nSPS) is 10.1. The van der Waals surface area contributed by atoms with Crippen molar-refractivity contribution in [1.29, 1.82) is 0 Å². The van der Waals surface area contributed by atoms with E-state index in [0.717, 1.165) is 11.4 Å². The number of methoxy groups -OCH3 is 1. The average molecular weight is 320 g/mol. The number of hydrogen-bond donors (Lipinski definition) is 2. The van der Waals surface area contributed by atoms with Crippen LogP contribution in [0.15, 0.2) is 41.8 Å². The van der Waals surface area contributed by atoms with Crippen LogP contribution in [0.25, 0.3) is 5.69 Å². The largest absolute Gasteiger partial charge is 0.497 e. The quantitative estimate of drug-likeness (QED) is 0.814. The maximum Gasteiger partial charge on any atom is 0.321 e. The van der Waals surface area contributed by atoms with Crippen LogP contribution in [0.1, 0.15) is 0 Å². The highest BCUT2D eigenvalue weighted by atomic mass is 32.2. The van der Waals surface area contributed by atoms with E-state index in [-0.39, 0.29) is 11.7 Å². The summed E-state index contributed by atoms with van der Waals surface area (Å²) in [5.74, 6) is 0.443. The van der Waals surface area contributed by atoms with Crippen molar-refractivity contribution in [3.63, 3.8) is 0 Å². The second kappa shape index (κ2) is 7.51. The molecule has 0 aliphatic rings. The Morgan fingerprint density at radius 2 is 2.23 bits per heavy atom. The number of urea groups is 1. The van der Waals surface area contributed by atoms with E-state index in [4.69, 9.17) is 4.74 Å². The molecule has 116 valence electrons. The zero-order valence-corrected chi connectivity index (χ0v) is 13.0. The Morgan fingerprint density at radius 3 is 2.95 bits per heavy atom. The first-order chi connectivity index (χ1) is 10.6. The van der Waals surface area contributed by atoms with Crippen molar-refractivity contribution in [3.8, 4) is 11.4 Å². The number of carbonyl (C=O) groups is 2. The molecule has 0 atom stereocenters. The van der Waals surface area contributed by atoms with Crippen molar-refractivity contribution in [2.24, 2.45) is 0 Å². The minimum Gasteiger partial charge on any atom is -0.497 e. The molecular formula is C14H16N4O3S. The van der Waals surface area contributed by atoms with Crippen LogP contribution in [0.3, 0.4) is 0 Å². The highest BCUT2D eigenvalue weighted by Crippen LogP contribution is 2.22. The lowest BCUT2D eigenvalue weighted by molar-refractivity contribution is -0.117. The molecule has 0 unspecified atom stereocenters. The Kier molecular flexibility index (Phi) is 5.42. The number of nitrogens with zero attached hydrogens (tertiary/aromatic N) is 2. The number of imide groups is 1. The van der Waals surface area contributed by atoms with Crippen LogP contribution in [0, 0.1) is 0 Å². The van der Waals surface area contributed by atoms with Crippen molar-refractivity contribution < 1.29 is 14.3 Å². The average Bonchev–Trinajstić information content (AvgIpc) is 3.01. The molecular weight excluding hydrogens is 304 g/mol. The molecule has 3 amide bonds. The second-order valence-corrected chi connectivity index (χ2v) is 5.14. The number of nitrogens with one attached hydrogen (secondary N) is 2. The lowest BCUT2D eigenvalue weighted by atomic mass is 10.3. The molecule has 0 radical (unpaired) electrons. The number of imidazole rings is 1. The minimum absolute atomic E-state index is 0.0917. The summed E-state index contributed by atoms with van der Waals surface area (Å²) in [6.07, 6.45) is 3.45. The first kappa shape index (κ1) is 15.9. The van der Waals surface area contributed by atoms with Gasteiger partial charge in [0.15, 0.2) is 5.16 Å². The molecule has 2 rings (SSSR count). The topological polar surface area (TPSA) is 85.3 Å². The fraction of sp³-hybridized carbons (Fsp3) is 0.214. The highest BCUT2D eigenvalue weighted by molar-refractivity contribution is 7.99. The number of amides is 3. The summed E-state index contributed by atoms with van der Waals surface area (Å²) >= 11 is 1.24. The molecule has 22 heavy (non-hydrogen) atoms. The maximum atomic E-state index is 11.6. The summed E-state index contributed by atoms with van der Waals surface area (Å²) in [4.78, 5) is 26.9. The number of ether oxygens (including phenoxy) is 1. The van der Waals surface area contributed by atoms with Gasteiger partial charge in [0.25, 0.3) is 0 Å². The maximum absolute atomic E-state index is 11.6. The molecule has 0 aliphatic carbocycles. The summed E-state index contributed by atoms with van der Waals surface area (Å²) in [5.41, 5.74) is 0.881. The van der Waals surface area contributed by atoms with Crippen LogP contribution in [0.5, 0.6) is 5.75 Å². The first-order valence-electron chi connectivity index (χ1n) is 6.46. The Morgan fingerprint density at radius 1 is 1.41 bits per heavy atom. The van der Waals surface area contributed by atoms with Crippen molar-refractivity contribution in [2.45, 2.75) is 5.16 Å². The molecule has 0 saturated heterocycles. The van der Waals surface area contributed by atoms with Gasteiger partial charge in [-0.3, -0.25) is 14.7 Å². The Bertz CT molecular complexity index is 672. The zero-order valence-electron chi connectivity index (χ0n) is 12.2. The molecule has 1 aromatic carbocycles. The van der Waals surface area contributed by atoms with Gasteiger partial charge in [-0.15, -0.1) is 0 Å². The van der Waals surface area contributed by atoms with Gasteiger partial charge < -0.3 is 10.1 Å². The molecule has 0 saturated carbocycles. The predicted molar refractivity (Wildman–Crippen MR) is 83.4 cm³/mol. The van der Waals surface area contributed by atoms with E-state index in [2.05, 4.69) is 15.6 Å². The van der Waals surface area contributed by atoms with Gasteiger partial charge in [0.1, 0.15) is 5.75 Å². The van der Waals surface area contributed by atoms with Gasteiger partial charge in [-0.1, -0.05) is 17.8 Å². The van der Waals surface area contributed by atoms with E-state index in [9.17, 15) is 9.59 Å². The van der Waals surface area contributed by atoms with Crippen LogP contribution >= 0.6 is 11.8 Å². The lowest BCUT2D eigenvalue weighted by Crippen LogP contribution is -2.38. The van der Waals surface area contributed by atoms with Crippen LogP contribution in [0.2, 0.25) is 0 Å². The summed E-state index contributed by atoms with van der Waals surface area (Å²) in [6, 6.07) is 6.99. The molecule has 0 bridgehead atoms. The van der Waals surface area contributed by atoms with Gasteiger partial charge in [0.05, 0.1) is 18.6 Å². The molecule has 8 heteroatoms. The summed E-state index contributed by atoms with van der Waals surface area (Å²) in [5, 5.41) is 5.18. The molecule has 2 N–H and O–H groups in total. The number of benzene rings is 1. The van der Waals surface area contributed by atoms with E-state index in [0.29, 0.717) is 5.16 Å². The van der Waals surface area contributed by atoms with Gasteiger partial charge in [-0.05, 0) is 12.1 Å². The van der Waals surface area contributed by atoms with E-state index < -0.39 is 6.03 Å². The molecule has 0 fully saturated rings. The fourth-order valence-electron chi connectivity index (χ4n) is 1.71. The van der Waals surface area contributed by atoms with Crippen molar-refractivity contribution >= 4 is 23.7 Å².